The average molecular weight is 290 g/mol. The summed E-state index contributed by atoms with van der Waals surface area (Å²) >= 11 is 0. The smallest absolute Gasteiger partial charge is 0.350 e. The van der Waals surface area contributed by atoms with Gasteiger partial charge in [-0.25, -0.2) is 14.6 Å². The minimum atomic E-state index is -0.644. The van der Waals surface area contributed by atoms with E-state index in [1.54, 1.807) is 25.1 Å². The highest BCUT2D eigenvalue weighted by Gasteiger charge is 2.08. The van der Waals surface area contributed by atoms with Crippen molar-refractivity contribution in [3.63, 3.8) is 0 Å². The van der Waals surface area contributed by atoms with Crippen molar-refractivity contribution in [2.75, 3.05) is 18.5 Å². The first-order valence-electron chi connectivity index (χ1n) is 6.58. The summed E-state index contributed by atoms with van der Waals surface area (Å²) in [6.45, 7) is 4.61. The summed E-state index contributed by atoms with van der Waals surface area (Å²) in [5.74, 6) is -0.644. The average Bonchev–Trinajstić information content (AvgIpc) is 2.50. The zero-order chi connectivity index (χ0) is 15.5. The third-order valence-corrected chi connectivity index (χ3v) is 2.38. The van der Waals surface area contributed by atoms with E-state index in [2.05, 4.69) is 5.32 Å². The number of benzene rings is 1. The van der Waals surface area contributed by atoms with E-state index >= 15 is 0 Å². The molecule has 0 unspecified atom stereocenters. The second kappa shape index (κ2) is 9.53. The third-order valence-electron chi connectivity index (χ3n) is 2.38. The Morgan fingerprint density at radius 3 is 2.52 bits per heavy atom. The molecule has 1 rings (SSSR count). The predicted octanol–water partition coefficient (Wildman–Crippen LogP) is 2.54. The number of anilines is 1. The second-order valence-electron chi connectivity index (χ2n) is 3.90. The Labute approximate surface area is 123 Å². The van der Waals surface area contributed by atoms with Crippen LogP contribution in [0.2, 0.25) is 0 Å². The highest BCUT2D eigenvalue weighted by Crippen LogP contribution is 2.11. The number of hydrogen-bond acceptors (Lipinski definition) is 6. The van der Waals surface area contributed by atoms with Crippen molar-refractivity contribution in [1.82, 2.24) is 0 Å². The first kappa shape index (κ1) is 16.7. The number of carbonyl (C=O) groups is 1. The number of nitriles is 1. The Morgan fingerprint density at radius 2 is 1.95 bits per heavy atom. The lowest BCUT2D eigenvalue weighted by atomic mass is 10.2. The summed E-state index contributed by atoms with van der Waals surface area (Å²) < 4.78 is 4.76. The van der Waals surface area contributed by atoms with Gasteiger partial charge < -0.3 is 10.1 Å². The summed E-state index contributed by atoms with van der Waals surface area (Å²) in [6.07, 6.45) is 1.32. The molecule has 0 saturated heterocycles. The first-order chi connectivity index (χ1) is 10.2. The third kappa shape index (κ3) is 6.08. The van der Waals surface area contributed by atoms with Gasteiger partial charge in [0.1, 0.15) is 12.7 Å². The summed E-state index contributed by atoms with van der Waals surface area (Å²) in [5.41, 5.74) is 1.61. The van der Waals surface area contributed by atoms with Crippen molar-refractivity contribution in [2.24, 2.45) is 0 Å². The number of rotatable bonds is 8. The molecule has 1 aromatic carbocycles. The van der Waals surface area contributed by atoms with E-state index in [9.17, 15) is 4.79 Å². The summed E-state index contributed by atoms with van der Waals surface area (Å²) in [7, 11) is 0. The second-order valence-corrected chi connectivity index (χ2v) is 3.90. The van der Waals surface area contributed by atoms with E-state index in [-0.39, 0.29) is 12.2 Å². The fraction of sp³-hybridized carbons (Fsp3) is 0.333. The Balaban J connectivity index is 2.58. The van der Waals surface area contributed by atoms with Crippen LogP contribution in [0, 0.1) is 11.3 Å². The van der Waals surface area contributed by atoms with Crippen molar-refractivity contribution in [3.8, 4) is 6.07 Å². The summed E-state index contributed by atoms with van der Waals surface area (Å²) in [4.78, 5) is 21.2. The number of ether oxygens (including phenoxy) is 1. The number of hydrogen-bond donors (Lipinski definition) is 1. The van der Waals surface area contributed by atoms with Crippen LogP contribution in [0.4, 0.5) is 5.69 Å². The van der Waals surface area contributed by atoms with Crippen LogP contribution in [0.25, 0.3) is 0 Å². The van der Waals surface area contributed by atoms with Crippen molar-refractivity contribution in [1.29, 1.82) is 5.26 Å². The molecule has 0 radical (unpaired) electrons. The van der Waals surface area contributed by atoms with Crippen LogP contribution in [0.15, 0.2) is 36.0 Å². The van der Waals surface area contributed by atoms with Crippen molar-refractivity contribution >= 4 is 11.7 Å². The van der Waals surface area contributed by atoms with Gasteiger partial charge in [0.25, 0.3) is 0 Å². The standard InChI is InChI=1S/C15H18N2O4/c1-3-19-15(18)13(9-16)10-17-14-7-5-12(6-8-14)11-21-20-4-2/h5-8,10,17H,3-4,11H2,1-2H3/b13-10-. The fourth-order valence-corrected chi connectivity index (χ4v) is 1.39. The molecule has 0 aliphatic rings. The van der Waals surface area contributed by atoms with E-state index < -0.39 is 5.97 Å². The highest BCUT2D eigenvalue weighted by atomic mass is 17.2. The Morgan fingerprint density at radius 1 is 1.24 bits per heavy atom. The monoisotopic (exact) mass is 290 g/mol. The van der Waals surface area contributed by atoms with Gasteiger partial charge in [0.15, 0.2) is 5.57 Å². The van der Waals surface area contributed by atoms with Crippen molar-refractivity contribution in [3.05, 3.63) is 41.6 Å². The molecular weight excluding hydrogens is 272 g/mol. The van der Waals surface area contributed by atoms with Crippen LogP contribution in [0.3, 0.4) is 0 Å². The Hall–Kier alpha value is -2.36. The maximum atomic E-state index is 11.4. The molecule has 0 atom stereocenters. The van der Waals surface area contributed by atoms with E-state index in [0.717, 1.165) is 11.3 Å². The first-order valence-corrected chi connectivity index (χ1v) is 6.58. The van der Waals surface area contributed by atoms with Crippen molar-refractivity contribution < 1.29 is 19.3 Å². The van der Waals surface area contributed by atoms with E-state index in [0.29, 0.717) is 13.2 Å². The molecule has 0 spiro atoms. The van der Waals surface area contributed by atoms with Crippen LogP contribution in [0.5, 0.6) is 0 Å². The molecule has 6 heteroatoms. The molecule has 0 aliphatic heterocycles. The SMILES string of the molecule is CCOOCc1ccc(N/C=C(/C#N)C(=O)OCC)cc1. The zero-order valence-electron chi connectivity index (χ0n) is 12.1. The number of esters is 1. The quantitative estimate of drug-likeness (QED) is 0.198. The zero-order valence-corrected chi connectivity index (χ0v) is 12.1. The van der Waals surface area contributed by atoms with Crippen LogP contribution in [-0.2, 0) is 25.9 Å². The van der Waals surface area contributed by atoms with Gasteiger partial charge in [-0.15, -0.1) is 0 Å². The number of carbonyl (C=O) groups excluding carboxylic acids is 1. The fourth-order valence-electron chi connectivity index (χ4n) is 1.39. The van der Waals surface area contributed by atoms with Gasteiger partial charge in [-0.3, -0.25) is 0 Å². The molecule has 21 heavy (non-hydrogen) atoms. The topological polar surface area (TPSA) is 80.6 Å². The minimum absolute atomic E-state index is 0.0828. The maximum absolute atomic E-state index is 11.4. The molecule has 0 bridgehead atoms. The molecular formula is C15H18N2O4. The highest BCUT2D eigenvalue weighted by molar-refractivity contribution is 5.93. The number of nitrogens with one attached hydrogen (secondary N) is 1. The summed E-state index contributed by atoms with van der Waals surface area (Å²) in [5, 5.41) is 11.7. The molecule has 0 amide bonds. The lowest BCUT2D eigenvalue weighted by Gasteiger charge is -2.05. The van der Waals surface area contributed by atoms with E-state index in [1.165, 1.54) is 6.20 Å². The van der Waals surface area contributed by atoms with Gasteiger partial charge in [0.05, 0.1) is 13.2 Å². The van der Waals surface area contributed by atoms with Gasteiger partial charge >= 0.3 is 5.97 Å². The van der Waals surface area contributed by atoms with E-state index in [1.807, 2.05) is 19.1 Å². The van der Waals surface area contributed by atoms with Crippen LogP contribution in [0.1, 0.15) is 19.4 Å². The molecule has 0 saturated carbocycles. The molecule has 112 valence electrons. The van der Waals surface area contributed by atoms with Gasteiger partial charge in [0.2, 0.25) is 0 Å². The molecule has 0 heterocycles. The Kier molecular flexibility index (Phi) is 7.58. The molecule has 0 aliphatic carbocycles. The maximum Gasteiger partial charge on any atom is 0.350 e. The molecule has 1 N–H and O–H groups in total. The Bertz CT molecular complexity index is 517. The molecule has 6 nitrogen and oxygen atoms in total. The van der Waals surface area contributed by atoms with E-state index in [4.69, 9.17) is 19.8 Å². The predicted molar refractivity (Wildman–Crippen MR) is 76.8 cm³/mol. The van der Waals surface area contributed by atoms with Crippen LogP contribution < -0.4 is 5.32 Å². The van der Waals surface area contributed by atoms with Gasteiger partial charge in [-0.1, -0.05) is 12.1 Å². The number of nitrogens with zero attached hydrogens (tertiary/aromatic N) is 1. The van der Waals surface area contributed by atoms with Gasteiger partial charge in [-0.05, 0) is 31.5 Å². The van der Waals surface area contributed by atoms with Gasteiger partial charge in [0, 0.05) is 11.9 Å². The lowest BCUT2D eigenvalue weighted by Crippen LogP contribution is -2.07. The molecule has 0 fully saturated rings. The van der Waals surface area contributed by atoms with Gasteiger partial charge in [-0.2, -0.15) is 5.26 Å². The van der Waals surface area contributed by atoms with Crippen molar-refractivity contribution in [2.45, 2.75) is 20.5 Å². The van der Waals surface area contributed by atoms with Crippen LogP contribution >= 0.6 is 0 Å². The minimum Gasteiger partial charge on any atom is -0.462 e. The molecule has 0 aromatic heterocycles. The van der Waals surface area contributed by atoms with Crippen LogP contribution in [-0.4, -0.2) is 19.2 Å². The molecule has 1 aromatic rings. The summed E-state index contributed by atoms with van der Waals surface area (Å²) in [6, 6.07) is 9.11. The lowest BCUT2D eigenvalue weighted by molar-refractivity contribution is -0.300. The normalized spacial score (nSPS) is 10.8. The largest absolute Gasteiger partial charge is 0.462 e.